The van der Waals surface area contributed by atoms with Gasteiger partial charge in [0.1, 0.15) is 4.21 Å². The molecule has 6 nitrogen and oxygen atoms in total. The zero-order chi connectivity index (χ0) is 15.5. The first-order valence-electron chi connectivity index (χ1n) is 5.94. The van der Waals surface area contributed by atoms with E-state index in [0.29, 0.717) is 5.56 Å². The molecular formula is C13H13NO5S2. The van der Waals surface area contributed by atoms with Crippen LogP contribution in [0.1, 0.15) is 22.0 Å². The molecule has 0 bridgehead atoms. The molecule has 0 saturated carbocycles. The van der Waals surface area contributed by atoms with Crippen LogP contribution in [-0.4, -0.2) is 31.2 Å². The predicted octanol–water partition coefficient (Wildman–Crippen LogP) is 1.46. The molecule has 0 amide bonds. The van der Waals surface area contributed by atoms with Crippen LogP contribution in [0.4, 0.5) is 0 Å². The third-order valence-corrected chi connectivity index (χ3v) is 5.68. The monoisotopic (exact) mass is 327 g/mol. The molecule has 1 aromatic carbocycles. The number of carbonyl (C=O) groups is 1. The molecule has 1 heterocycles. The number of aliphatic hydroxyl groups excluding tert-OH is 1. The van der Waals surface area contributed by atoms with Crippen LogP contribution in [0.15, 0.2) is 46.0 Å². The van der Waals surface area contributed by atoms with E-state index in [4.69, 9.17) is 5.11 Å². The Labute approximate surface area is 125 Å². The van der Waals surface area contributed by atoms with Gasteiger partial charge < -0.3 is 10.2 Å². The average Bonchev–Trinajstić information content (AvgIpc) is 2.96. The maximum atomic E-state index is 12.2. The number of hydrogen-bond donors (Lipinski definition) is 3. The molecule has 1 atom stereocenters. The predicted molar refractivity (Wildman–Crippen MR) is 77.9 cm³/mol. The topological polar surface area (TPSA) is 104 Å². The van der Waals surface area contributed by atoms with Gasteiger partial charge in [0.05, 0.1) is 18.2 Å². The smallest absolute Gasteiger partial charge is 0.336 e. The molecule has 3 N–H and O–H groups in total. The molecule has 0 spiro atoms. The minimum atomic E-state index is -3.89. The molecule has 2 rings (SSSR count). The van der Waals surface area contributed by atoms with Gasteiger partial charge in [-0.3, -0.25) is 0 Å². The van der Waals surface area contributed by atoms with Crippen LogP contribution in [-0.2, 0) is 10.0 Å². The lowest BCUT2D eigenvalue weighted by atomic mass is 10.1. The second-order valence-corrected chi connectivity index (χ2v) is 7.08. The van der Waals surface area contributed by atoms with Gasteiger partial charge in [-0.25, -0.2) is 17.9 Å². The zero-order valence-electron chi connectivity index (χ0n) is 10.8. The lowest BCUT2D eigenvalue weighted by Gasteiger charge is -2.16. The summed E-state index contributed by atoms with van der Waals surface area (Å²) in [5, 5.41) is 19.4. The minimum Gasteiger partial charge on any atom is -0.478 e. The van der Waals surface area contributed by atoms with E-state index >= 15 is 0 Å². The fourth-order valence-corrected chi connectivity index (χ4v) is 4.10. The number of rotatable bonds is 6. The van der Waals surface area contributed by atoms with Gasteiger partial charge in [-0.1, -0.05) is 30.3 Å². The maximum absolute atomic E-state index is 12.2. The van der Waals surface area contributed by atoms with Crippen molar-refractivity contribution in [2.75, 3.05) is 6.61 Å². The average molecular weight is 327 g/mol. The van der Waals surface area contributed by atoms with Crippen LogP contribution >= 0.6 is 11.3 Å². The second-order valence-electron chi connectivity index (χ2n) is 4.23. The summed E-state index contributed by atoms with van der Waals surface area (Å²) in [4.78, 5) is 10.8. The quantitative estimate of drug-likeness (QED) is 0.745. The van der Waals surface area contributed by atoms with Crippen LogP contribution < -0.4 is 4.72 Å². The van der Waals surface area contributed by atoms with Crippen LogP contribution in [0.3, 0.4) is 0 Å². The number of aliphatic hydroxyl groups is 1. The number of carboxylic acid groups (broad SMARTS) is 1. The summed E-state index contributed by atoms with van der Waals surface area (Å²) in [6, 6.07) is 8.95. The molecule has 0 aliphatic carbocycles. The van der Waals surface area contributed by atoms with Gasteiger partial charge in [0, 0.05) is 5.38 Å². The van der Waals surface area contributed by atoms with Crippen molar-refractivity contribution in [1.29, 1.82) is 0 Å². The summed E-state index contributed by atoms with van der Waals surface area (Å²) in [7, 11) is -3.89. The minimum absolute atomic E-state index is 0.0827. The Morgan fingerprint density at radius 2 is 1.95 bits per heavy atom. The molecule has 0 aliphatic heterocycles. The van der Waals surface area contributed by atoms with E-state index in [-0.39, 0.29) is 9.77 Å². The third-order valence-electron chi connectivity index (χ3n) is 2.77. The van der Waals surface area contributed by atoms with Gasteiger partial charge in [0.15, 0.2) is 0 Å². The summed E-state index contributed by atoms with van der Waals surface area (Å²) in [6.07, 6.45) is 0. The molecule has 0 aliphatic rings. The largest absolute Gasteiger partial charge is 0.478 e. The number of benzene rings is 1. The molecule has 21 heavy (non-hydrogen) atoms. The number of nitrogens with one attached hydrogen (secondary N) is 1. The Balaban J connectivity index is 2.25. The highest BCUT2D eigenvalue weighted by atomic mass is 32.2. The highest BCUT2D eigenvalue weighted by molar-refractivity contribution is 7.91. The highest BCUT2D eigenvalue weighted by Crippen LogP contribution is 2.23. The first-order chi connectivity index (χ1) is 9.94. The third kappa shape index (κ3) is 3.67. The van der Waals surface area contributed by atoms with Crippen molar-refractivity contribution in [3.05, 3.63) is 52.9 Å². The molecule has 8 heteroatoms. The zero-order valence-corrected chi connectivity index (χ0v) is 12.4. The molecule has 0 fully saturated rings. The van der Waals surface area contributed by atoms with Gasteiger partial charge >= 0.3 is 5.97 Å². The molecular weight excluding hydrogens is 314 g/mol. The lowest BCUT2D eigenvalue weighted by molar-refractivity contribution is 0.0697. The highest BCUT2D eigenvalue weighted by Gasteiger charge is 2.23. The number of thiophene rings is 1. The number of hydrogen-bond acceptors (Lipinski definition) is 5. The molecule has 0 radical (unpaired) electrons. The second kappa shape index (κ2) is 6.35. The van der Waals surface area contributed by atoms with E-state index in [0.717, 1.165) is 17.4 Å². The normalized spacial score (nSPS) is 13.0. The first-order valence-corrected chi connectivity index (χ1v) is 8.30. The summed E-state index contributed by atoms with van der Waals surface area (Å²) < 4.78 is 26.7. The molecule has 2 aromatic rings. The van der Waals surface area contributed by atoms with Crippen molar-refractivity contribution in [2.45, 2.75) is 10.3 Å². The molecule has 0 unspecified atom stereocenters. The molecule has 0 saturated heterocycles. The van der Waals surface area contributed by atoms with Gasteiger partial charge in [-0.2, -0.15) is 0 Å². The van der Waals surface area contributed by atoms with Gasteiger partial charge in [-0.15, -0.1) is 11.3 Å². The van der Waals surface area contributed by atoms with Crippen molar-refractivity contribution in [1.82, 2.24) is 4.72 Å². The molecule has 112 valence electrons. The van der Waals surface area contributed by atoms with Crippen LogP contribution in [0, 0.1) is 0 Å². The van der Waals surface area contributed by atoms with Crippen molar-refractivity contribution >= 4 is 27.3 Å². The van der Waals surface area contributed by atoms with E-state index in [9.17, 15) is 18.3 Å². The number of aromatic carboxylic acids is 1. The first kappa shape index (κ1) is 15.6. The van der Waals surface area contributed by atoms with Gasteiger partial charge in [-0.05, 0) is 11.6 Å². The Morgan fingerprint density at radius 1 is 1.29 bits per heavy atom. The van der Waals surface area contributed by atoms with Gasteiger partial charge in [0.25, 0.3) is 10.0 Å². The van der Waals surface area contributed by atoms with Gasteiger partial charge in [0.2, 0.25) is 0 Å². The van der Waals surface area contributed by atoms with Crippen molar-refractivity contribution in [3.63, 3.8) is 0 Å². The fraction of sp³-hybridized carbons (Fsp3) is 0.154. The maximum Gasteiger partial charge on any atom is 0.336 e. The van der Waals surface area contributed by atoms with Crippen LogP contribution in [0.2, 0.25) is 0 Å². The molecule has 1 aromatic heterocycles. The van der Waals surface area contributed by atoms with E-state index in [1.54, 1.807) is 30.3 Å². The Kier molecular flexibility index (Phi) is 4.73. The van der Waals surface area contributed by atoms with Crippen molar-refractivity contribution < 1.29 is 23.4 Å². The van der Waals surface area contributed by atoms with E-state index in [2.05, 4.69) is 4.72 Å². The standard InChI is InChI=1S/C13H13NO5S2/c15-7-11(9-4-2-1-3-5-9)14-21(18,19)12-6-10(8-20-12)13(16)17/h1-6,8,11,14-15H,7H2,(H,16,17)/t11-/m1/s1. The summed E-state index contributed by atoms with van der Waals surface area (Å²) in [6.45, 7) is -0.402. The number of carboxylic acids is 1. The van der Waals surface area contributed by atoms with E-state index < -0.39 is 28.6 Å². The number of sulfonamides is 1. The Bertz CT molecular complexity index is 724. The van der Waals surface area contributed by atoms with Crippen molar-refractivity contribution in [2.24, 2.45) is 0 Å². The van der Waals surface area contributed by atoms with Crippen LogP contribution in [0.5, 0.6) is 0 Å². The Morgan fingerprint density at radius 3 is 2.48 bits per heavy atom. The summed E-state index contributed by atoms with van der Waals surface area (Å²) >= 11 is 0.820. The van der Waals surface area contributed by atoms with Crippen LogP contribution in [0.25, 0.3) is 0 Å². The summed E-state index contributed by atoms with van der Waals surface area (Å²) in [5.74, 6) is -1.19. The fourth-order valence-electron chi connectivity index (χ4n) is 1.71. The van der Waals surface area contributed by atoms with E-state index in [1.165, 1.54) is 5.38 Å². The van der Waals surface area contributed by atoms with E-state index in [1.807, 2.05) is 0 Å². The SMILES string of the molecule is O=C(O)c1csc(S(=O)(=O)N[C@H](CO)c2ccccc2)c1. The summed E-state index contributed by atoms with van der Waals surface area (Å²) in [5.41, 5.74) is 0.541. The van der Waals surface area contributed by atoms with Crippen molar-refractivity contribution in [3.8, 4) is 0 Å². The Hall–Kier alpha value is -1.74. The lowest BCUT2D eigenvalue weighted by Crippen LogP contribution is -2.30.